The molecule has 1 aliphatic rings. The molecular formula is C20H15NO5. The van der Waals surface area contributed by atoms with E-state index in [-0.39, 0.29) is 11.7 Å². The zero-order valence-electron chi connectivity index (χ0n) is 14.5. The first-order chi connectivity index (χ1) is 12.4. The van der Waals surface area contributed by atoms with Gasteiger partial charge < -0.3 is 9.47 Å². The normalized spacial score (nSPS) is 12.7. The number of carbonyl (C=O) groups is 3. The fourth-order valence-electron chi connectivity index (χ4n) is 3.55. The molecule has 0 bridgehead atoms. The zero-order chi connectivity index (χ0) is 18.6. The van der Waals surface area contributed by atoms with Gasteiger partial charge in [0.15, 0.2) is 11.5 Å². The highest BCUT2D eigenvalue weighted by molar-refractivity contribution is 6.37. The summed E-state index contributed by atoms with van der Waals surface area (Å²) in [4.78, 5) is 37.6. The summed E-state index contributed by atoms with van der Waals surface area (Å²) in [6, 6.07) is 10.8. The molecule has 0 saturated heterocycles. The SMILES string of the molecule is COc1c(OC(C)=O)cc2c3c(cc4ccccc4c13)N(C(C)=O)C2=O. The molecular weight excluding hydrogens is 334 g/mol. The summed E-state index contributed by atoms with van der Waals surface area (Å²) in [6.45, 7) is 2.62. The Balaban J connectivity index is 2.24. The van der Waals surface area contributed by atoms with Gasteiger partial charge in [0, 0.05) is 24.6 Å². The van der Waals surface area contributed by atoms with Gasteiger partial charge in [-0.05, 0) is 22.9 Å². The molecule has 3 aromatic carbocycles. The number of rotatable bonds is 2. The maximum atomic E-state index is 12.9. The van der Waals surface area contributed by atoms with Gasteiger partial charge in [-0.15, -0.1) is 0 Å². The van der Waals surface area contributed by atoms with Gasteiger partial charge >= 0.3 is 5.97 Å². The summed E-state index contributed by atoms with van der Waals surface area (Å²) in [5.41, 5.74) is 0.826. The Morgan fingerprint density at radius 1 is 1.04 bits per heavy atom. The number of carbonyl (C=O) groups excluding carboxylic acids is 3. The minimum atomic E-state index is -0.524. The number of esters is 1. The summed E-state index contributed by atoms with van der Waals surface area (Å²) in [7, 11) is 1.48. The second-order valence-electron chi connectivity index (χ2n) is 6.08. The van der Waals surface area contributed by atoms with Gasteiger partial charge in [-0.1, -0.05) is 24.3 Å². The van der Waals surface area contributed by atoms with E-state index in [0.29, 0.717) is 27.8 Å². The number of hydrogen-bond acceptors (Lipinski definition) is 5. The Hall–Kier alpha value is -3.41. The summed E-state index contributed by atoms with van der Waals surface area (Å²) in [5, 5.41) is 2.96. The number of benzene rings is 3. The molecule has 0 spiro atoms. The Morgan fingerprint density at radius 3 is 2.42 bits per heavy atom. The highest BCUT2D eigenvalue weighted by Gasteiger charge is 2.36. The van der Waals surface area contributed by atoms with Crippen molar-refractivity contribution in [2.45, 2.75) is 13.8 Å². The van der Waals surface area contributed by atoms with Gasteiger partial charge in [0.25, 0.3) is 5.91 Å². The van der Waals surface area contributed by atoms with Crippen molar-refractivity contribution in [3.05, 3.63) is 42.0 Å². The van der Waals surface area contributed by atoms with Crippen molar-refractivity contribution in [2.24, 2.45) is 0 Å². The Morgan fingerprint density at radius 2 is 1.77 bits per heavy atom. The fourth-order valence-corrected chi connectivity index (χ4v) is 3.55. The molecule has 6 nitrogen and oxygen atoms in total. The van der Waals surface area contributed by atoms with E-state index >= 15 is 0 Å². The van der Waals surface area contributed by atoms with Gasteiger partial charge in [-0.3, -0.25) is 14.4 Å². The monoisotopic (exact) mass is 349 g/mol. The molecule has 1 heterocycles. The molecule has 0 fully saturated rings. The average molecular weight is 349 g/mol. The molecule has 1 aliphatic heterocycles. The van der Waals surface area contributed by atoms with Crippen LogP contribution in [-0.2, 0) is 9.59 Å². The quantitative estimate of drug-likeness (QED) is 0.403. The van der Waals surface area contributed by atoms with Gasteiger partial charge in [-0.25, -0.2) is 4.90 Å². The maximum Gasteiger partial charge on any atom is 0.308 e. The minimum absolute atomic E-state index is 0.156. The number of fused-ring (bicyclic) bond motifs is 2. The Labute approximate surface area is 148 Å². The molecule has 2 amide bonds. The Kier molecular flexibility index (Phi) is 3.44. The standard InChI is InChI=1S/C20H15NO5/c1-10(22)21-15-8-12-6-4-5-7-13(12)18-17(15)14(20(21)24)9-16(19(18)25-3)26-11(2)23/h4-9H,1-3H3. The van der Waals surface area contributed by atoms with E-state index in [1.165, 1.54) is 27.0 Å². The van der Waals surface area contributed by atoms with Gasteiger partial charge in [0.05, 0.1) is 18.4 Å². The molecule has 130 valence electrons. The number of imide groups is 1. The van der Waals surface area contributed by atoms with E-state index in [1.54, 1.807) is 0 Å². The first-order valence-corrected chi connectivity index (χ1v) is 8.04. The van der Waals surface area contributed by atoms with Crippen LogP contribution in [0.1, 0.15) is 24.2 Å². The Bertz CT molecular complexity index is 1130. The molecule has 26 heavy (non-hydrogen) atoms. The smallest absolute Gasteiger partial charge is 0.308 e. The van der Waals surface area contributed by atoms with Crippen molar-refractivity contribution in [3.63, 3.8) is 0 Å². The van der Waals surface area contributed by atoms with Crippen molar-refractivity contribution in [2.75, 3.05) is 12.0 Å². The molecule has 0 saturated carbocycles. The van der Waals surface area contributed by atoms with Crippen LogP contribution in [0.15, 0.2) is 36.4 Å². The molecule has 0 aliphatic carbocycles. The highest BCUT2D eigenvalue weighted by atomic mass is 16.6. The molecule has 0 atom stereocenters. The van der Waals surface area contributed by atoms with E-state index in [9.17, 15) is 14.4 Å². The van der Waals surface area contributed by atoms with Crippen molar-refractivity contribution < 1.29 is 23.9 Å². The predicted molar refractivity (Wildman–Crippen MR) is 96.8 cm³/mol. The zero-order valence-corrected chi connectivity index (χ0v) is 14.5. The lowest BCUT2D eigenvalue weighted by atomic mass is 9.97. The summed E-state index contributed by atoms with van der Waals surface area (Å²) in [6.07, 6.45) is 0. The van der Waals surface area contributed by atoms with Gasteiger partial charge in [0.1, 0.15) is 0 Å². The van der Waals surface area contributed by atoms with Crippen molar-refractivity contribution in [3.8, 4) is 11.5 Å². The third-order valence-electron chi connectivity index (χ3n) is 4.47. The second-order valence-corrected chi connectivity index (χ2v) is 6.08. The van der Waals surface area contributed by atoms with Crippen LogP contribution in [-0.4, -0.2) is 24.9 Å². The average Bonchev–Trinajstić information content (AvgIpc) is 2.87. The summed E-state index contributed by atoms with van der Waals surface area (Å²) in [5.74, 6) is -0.831. The summed E-state index contributed by atoms with van der Waals surface area (Å²) >= 11 is 0. The van der Waals surface area contributed by atoms with E-state index < -0.39 is 11.9 Å². The van der Waals surface area contributed by atoms with Crippen molar-refractivity contribution >= 4 is 45.0 Å². The predicted octanol–water partition coefficient (Wildman–Crippen LogP) is 3.43. The molecule has 0 aromatic heterocycles. The molecule has 0 radical (unpaired) electrons. The van der Waals surface area contributed by atoms with Gasteiger partial charge in [-0.2, -0.15) is 0 Å². The van der Waals surface area contributed by atoms with E-state index in [1.807, 2.05) is 30.3 Å². The van der Waals surface area contributed by atoms with E-state index in [4.69, 9.17) is 9.47 Å². The van der Waals surface area contributed by atoms with Crippen LogP contribution in [0.3, 0.4) is 0 Å². The van der Waals surface area contributed by atoms with Crippen LogP contribution in [0.4, 0.5) is 5.69 Å². The lowest BCUT2D eigenvalue weighted by Crippen LogP contribution is -2.31. The van der Waals surface area contributed by atoms with E-state index in [2.05, 4.69) is 0 Å². The molecule has 3 aromatic rings. The minimum Gasteiger partial charge on any atom is -0.492 e. The molecule has 4 rings (SSSR count). The molecule has 0 unspecified atom stereocenters. The summed E-state index contributed by atoms with van der Waals surface area (Å²) < 4.78 is 10.8. The van der Waals surface area contributed by atoms with Crippen LogP contribution < -0.4 is 14.4 Å². The number of methoxy groups -OCH3 is 1. The van der Waals surface area contributed by atoms with Crippen LogP contribution in [0.5, 0.6) is 11.5 Å². The van der Waals surface area contributed by atoms with Crippen LogP contribution in [0.2, 0.25) is 0 Å². The van der Waals surface area contributed by atoms with E-state index in [0.717, 1.165) is 15.7 Å². The number of hydrogen-bond donors (Lipinski definition) is 0. The first-order valence-electron chi connectivity index (χ1n) is 8.04. The molecule has 0 N–H and O–H groups in total. The van der Waals surface area contributed by atoms with Crippen molar-refractivity contribution in [1.29, 1.82) is 0 Å². The second kappa shape index (κ2) is 5.56. The molecule has 6 heteroatoms. The fraction of sp³-hybridized carbons (Fsp3) is 0.150. The highest BCUT2D eigenvalue weighted by Crippen LogP contribution is 2.49. The number of ether oxygens (including phenoxy) is 2. The lowest BCUT2D eigenvalue weighted by molar-refractivity contribution is -0.132. The van der Waals surface area contributed by atoms with Crippen molar-refractivity contribution in [1.82, 2.24) is 0 Å². The number of amides is 2. The van der Waals surface area contributed by atoms with Crippen LogP contribution in [0, 0.1) is 0 Å². The lowest BCUT2D eigenvalue weighted by Gasteiger charge is -2.15. The van der Waals surface area contributed by atoms with Crippen LogP contribution >= 0.6 is 0 Å². The third kappa shape index (κ3) is 2.08. The van der Waals surface area contributed by atoms with Gasteiger partial charge in [0.2, 0.25) is 5.91 Å². The third-order valence-corrected chi connectivity index (χ3v) is 4.47. The number of nitrogens with zero attached hydrogens (tertiary/aromatic N) is 1. The maximum absolute atomic E-state index is 12.9. The largest absolute Gasteiger partial charge is 0.492 e. The number of anilines is 1. The first kappa shape index (κ1) is 16.1. The topological polar surface area (TPSA) is 72.9 Å². The van der Waals surface area contributed by atoms with Crippen LogP contribution in [0.25, 0.3) is 21.5 Å².